The van der Waals surface area contributed by atoms with Crippen molar-refractivity contribution in [2.45, 2.75) is 18.9 Å². The highest BCUT2D eigenvalue weighted by Gasteiger charge is 2.42. The van der Waals surface area contributed by atoms with Gasteiger partial charge in [0.15, 0.2) is 5.60 Å². The van der Waals surface area contributed by atoms with Crippen molar-refractivity contribution < 1.29 is 14.3 Å². The lowest BCUT2D eigenvalue weighted by Crippen LogP contribution is -2.48. The summed E-state index contributed by atoms with van der Waals surface area (Å²) in [5, 5.41) is 3.48. The average Bonchev–Trinajstić information content (AvgIpc) is 2.50. The van der Waals surface area contributed by atoms with Crippen LogP contribution in [0.1, 0.15) is 22.8 Å². The molecule has 6 heteroatoms. The summed E-state index contributed by atoms with van der Waals surface area (Å²) in [7, 11) is 0. The number of ether oxygens (including phenoxy) is 1. The minimum Gasteiger partial charge on any atom is -0.445 e. The van der Waals surface area contributed by atoms with Crippen molar-refractivity contribution in [1.29, 1.82) is 0 Å². The van der Waals surface area contributed by atoms with E-state index in [9.17, 15) is 9.59 Å². The smallest absolute Gasteiger partial charge is 0.339 e. The zero-order valence-corrected chi connectivity index (χ0v) is 13.7. The Balaban J connectivity index is 1.86. The molecule has 1 atom stereocenters. The van der Waals surface area contributed by atoms with Gasteiger partial charge in [-0.1, -0.05) is 41.4 Å². The highest BCUT2D eigenvalue weighted by atomic mass is 35.5. The Morgan fingerprint density at radius 2 is 1.96 bits per heavy atom. The van der Waals surface area contributed by atoms with Crippen LogP contribution >= 0.6 is 23.2 Å². The number of benzene rings is 2. The fourth-order valence-corrected chi connectivity index (χ4v) is 2.96. The zero-order valence-electron chi connectivity index (χ0n) is 12.2. The van der Waals surface area contributed by atoms with E-state index in [1.165, 1.54) is 6.07 Å². The fourth-order valence-electron chi connectivity index (χ4n) is 2.50. The summed E-state index contributed by atoms with van der Waals surface area (Å²) in [6, 6.07) is 11.8. The summed E-state index contributed by atoms with van der Waals surface area (Å²) in [6.07, 6.45) is 0.298. The molecule has 0 bridgehead atoms. The van der Waals surface area contributed by atoms with Gasteiger partial charge in [0.05, 0.1) is 16.3 Å². The third-order valence-electron chi connectivity index (χ3n) is 3.74. The van der Waals surface area contributed by atoms with Gasteiger partial charge in [-0.15, -0.1) is 0 Å². The number of fused-ring (bicyclic) bond motifs is 1. The molecule has 1 aliphatic rings. The Bertz CT molecular complexity index is 806. The molecule has 2 aromatic rings. The van der Waals surface area contributed by atoms with Crippen molar-refractivity contribution >= 4 is 40.8 Å². The van der Waals surface area contributed by atoms with E-state index in [2.05, 4.69) is 5.32 Å². The molecule has 2 aromatic carbocycles. The first-order valence-corrected chi connectivity index (χ1v) is 7.72. The van der Waals surface area contributed by atoms with E-state index in [-0.39, 0.29) is 0 Å². The van der Waals surface area contributed by atoms with Crippen molar-refractivity contribution in [3.05, 3.63) is 63.6 Å². The number of hydrogen-bond acceptors (Lipinski definition) is 3. The Labute approximate surface area is 143 Å². The number of halogens is 2. The van der Waals surface area contributed by atoms with Crippen LogP contribution in [0.4, 0.5) is 5.69 Å². The molecule has 3 rings (SSSR count). The predicted molar refractivity (Wildman–Crippen MR) is 89.1 cm³/mol. The van der Waals surface area contributed by atoms with E-state index >= 15 is 0 Å². The average molecular weight is 350 g/mol. The number of anilines is 1. The van der Waals surface area contributed by atoms with Gasteiger partial charge < -0.3 is 10.1 Å². The molecule has 0 aromatic heterocycles. The third kappa shape index (κ3) is 3.05. The molecule has 1 N–H and O–H groups in total. The summed E-state index contributed by atoms with van der Waals surface area (Å²) in [5.74, 6) is -0.948. The summed E-state index contributed by atoms with van der Waals surface area (Å²) in [4.78, 5) is 24.7. The largest absolute Gasteiger partial charge is 0.445 e. The van der Waals surface area contributed by atoms with E-state index < -0.39 is 17.5 Å². The Morgan fingerprint density at radius 3 is 2.70 bits per heavy atom. The maximum Gasteiger partial charge on any atom is 0.339 e. The van der Waals surface area contributed by atoms with Crippen molar-refractivity contribution in [3.63, 3.8) is 0 Å². The predicted octanol–water partition coefficient (Wildman–Crippen LogP) is 4.10. The number of esters is 1. The standard InChI is InChI=1S/C17H13Cl2NO3/c1-17(9-10-4-2-3-5-12(10)15(21)23-17)16(22)20-14-7-6-11(18)8-13(14)19/h2-8H,9H2,1H3,(H,20,22)/t17-/m1/s1. The molecule has 1 aliphatic heterocycles. The van der Waals surface area contributed by atoms with E-state index in [0.29, 0.717) is 27.7 Å². The molecule has 0 aliphatic carbocycles. The Hall–Kier alpha value is -2.04. The number of amides is 1. The van der Waals surface area contributed by atoms with Crippen LogP contribution in [0.3, 0.4) is 0 Å². The molecule has 1 amide bonds. The number of carbonyl (C=O) groups is 2. The molecule has 118 valence electrons. The first kappa shape index (κ1) is 15.8. The van der Waals surface area contributed by atoms with E-state index in [0.717, 1.165) is 5.56 Å². The van der Waals surface area contributed by atoms with Crippen LogP contribution in [0.25, 0.3) is 0 Å². The topological polar surface area (TPSA) is 55.4 Å². The molecular weight excluding hydrogens is 337 g/mol. The van der Waals surface area contributed by atoms with E-state index in [4.69, 9.17) is 27.9 Å². The number of rotatable bonds is 2. The highest BCUT2D eigenvalue weighted by Crippen LogP contribution is 2.31. The number of cyclic esters (lactones) is 1. The summed E-state index contributed by atoms with van der Waals surface area (Å²) in [6.45, 7) is 1.58. The van der Waals surface area contributed by atoms with Crippen LogP contribution in [0.15, 0.2) is 42.5 Å². The van der Waals surface area contributed by atoms with Crippen LogP contribution in [-0.4, -0.2) is 17.5 Å². The van der Waals surface area contributed by atoms with Crippen LogP contribution in [0.2, 0.25) is 10.0 Å². The van der Waals surface area contributed by atoms with Gasteiger partial charge in [0.1, 0.15) is 0 Å². The lowest BCUT2D eigenvalue weighted by Gasteiger charge is -2.33. The van der Waals surface area contributed by atoms with Crippen LogP contribution < -0.4 is 5.32 Å². The van der Waals surface area contributed by atoms with Crippen molar-refractivity contribution in [1.82, 2.24) is 0 Å². The zero-order chi connectivity index (χ0) is 16.6. The summed E-state index contributed by atoms with van der Waals surface area (Å²) >= 11 is 11.9. The van der Waals surface area contributed by atoms with Crippen molar-refractivity contribution in [2.75, 3.05) is 5.32 Å². The SMILES string of the molecule is C[C@]1(C(=O)Nc2ccc(Cl)cc2Cl)Cc2ccccc2C(=O)O1. The lowest BCUT2D eigenvalue weighted by atomic mass is 9.89. The maximum atomic E-state index is 12.6. The molecular formula is C17H13Cl2NO3. The molecule has 1 heterocycles. The molecule has 0 spiro atoms. The second-order valence-corrected chi connectivity index (χ2v) is 6.38. The van der Waals surface area contributed by atoms with E-state index in [1.807, 2.05) is 12.1 Å². The van der Waals surface area contributed by atoms with Gasteiger partial charge in [-0.3, -0.25) is 4.79 Å². The minimum atomic E-state index is -1.30. The van der Waals surface area contributed by atoms with Gasteiger partial charge in [0, 0.05) is 11.4 Å². The summed E-state index contributed by atoms with van der Waals surface area (Å²) < 4.78 is 5.38. The second-order valence-electron chi connectivity index (χ2n) is 5.53. The lowest BCUT2D eigenvalue weighted by molar-refractivity contribution is -0.134. The molecule has 4 nitrogen and oxygen atoms in total. The van der Waals surface area contributed by atoms with Gasteiger partial charge in [0.2, 0.25) is 0 Å². The van der Waals surface area contributed by atoms with E-state index in [1.54, 1.807) is 31.2 Å². The molecule has 0 saturated heterocycles. The van der Waals surface area contributed by atoms with Crippen LogP contribution in [0, 0.1) is 0 Å². The van der Waals surface area contributed by atoms with Gasteiger partial charge in [-0.25, -0.2) is 4.79 Å². The fraction of sp³-hybridized carbons (Fsp3) is 0.176. The number of carbonyl (C=O) groups excluding carboxylic acids is 2. The number of hydrogen-bond donors (Lipinski definition) is 1. The molecule has 23 heavy (non-hydrogen) atoms. The molecule has 0 fully saturated rings. The Kier molecular flexibility index (Phi) is 4.04. The van der Waals surface area contributed by atoms with Crippen molar-refractivity contribution in [3.8, 4) is 0 Å². The first-order valence-electron chi connectivity index (χ1n) is 6.97. The Morgan fingerprint density at radius 1 is 1.22 bits per heavy atom. The van der Waals surface area contributed by atoms with Crippen LogP contribution in [-0.2, 0) is 16.0 Å². The molecule has 0 radical (unpaired) electrons. The van der Waals surface area contributed by atoms with Gasteiger partial charge in [-0.05, 0) is 36.8 Å². The molecule has 0 unspecified atom stereocenters. The van der Waals surface area contributed by atoms with Gasteiger partial charge in [0.25, 0.3) is 5.91 Å². The first-order chi connectivity index (χ1) is 10.9. The van der Waals surface area contributed by atoms with Gasteiger partial charge >= 0.3 is 5.97 Å². The molecule has 0 saturated carbocycles. The number of nitrogens with one attached hydrogen (secondary N) is 1. The summed E-state index contributed by atoms with van der Waals surface area (Å²) in [5.41, 5.74) is 0.386. The van der Waals surface area contributed by atoms with Crippen LogP contribution in [0.5, 0.6) is 0 Å². The van der Waals surface area contributed by atoms with Crippen molar-refractivity contribution in [2.24, 2.45) is 0 Å². The second kappa shape index (κ2) is 5.87. The monoisotopic (exact) mass is 349 g/mol. The maximum absolute atomic E-state index is 12.6. The van der Waals surface area contributed by atoms with Gasteiger partial charge in [-0.2, -0.15) is 0 Å². The quantitative estimate of drug-likeness (QED) is 0.830. The normalized spacial score (nSPS) is 19.7. The minimum absolute atomic E-state index is 0.298. The third-order valence-corrected chi connectivity index (χ3v) is 4.29. The highest BCUT2D eigenvalue weighted by molar-refractivity contribution is 6.36.